The monoisotopic (exact) mass is 371 g/mol. The average molecular weight is 373 g/mol. The van der Waals surface area contributed by atoms with Crippen LogP contribution in [0.1, 0.15) is 20.7 Å². The fraction of sp³-hybridized carbons (Fsp3) is 0. The Kier molecular flexibility index (Phi) is 4.59. The zero-order chi connectivity index (χ0) is 15.6. The van der Waals surface area contributed by atoms with E-state index in [1.807, 2.05) is 0 Å². The van der Waals surface area contributed by atoms with Crippen LogP contribution in [0.5, 0.6) is 0 Å². The van der Waals surface area contributed by atoms with Crippen molar-refractivity contribution in [2.75, 3.05) is 5.32 Å². The van der Waals surface area contributed by atoms with Gasteiger partial charge in [0.25, 0.3) is 5.91 Å². The molecule has 2 aromatic rings. The zero-order valence-electron chi connectivity index (χ0n) is 10.4. The van der Waals surface area contributed by atoms with E-state index in [2.05, 4.69) is 21.2 Å². The van der Waals surface area contributed by atoms with Gasteiger partial charge in [-0.25, -0.2) is 9.18 Å². The number of benzene rings is 2. The first-order chi connectivity index (χ1) is 9.88. The van der Waals surface area contributed by atoms with Crippen molar-refractivity contribution in [2.45, 2.75) is 0 Å². The van der Waals surface area contributed by atoms with E-state index in [0.29, 0.717) is 10.2 Å². The first-order valence-electron chi connectivity index (χ1n) is 5.67. The lowest BCUT2D eigenvalue weighted by atomic mass is 10.1. The van der Waals surface area contributed by atoms with E-state index >= 15 is 0 Å². The van der Waals surface area contributed by atoms with E-state index < -0.39 is 17.7 Å². The quantitative estimate of drug-likeness (QED) is 0.849. The Balaban J connectivity index is 2.25. The van der Waals surface area contributed by atoms with Gasteiger partial charge in [0.05, 0.1) is 10.6 Å². The van der Waals surface area contributed by atoms with Gasteiger partial charge in [0, 0.05) is 15.7 Å². The summed E-state index contributed by atoms with van der Waals surface area (Å²) in [5.74, 6) is -2.26. The topological polar surface area (TPSA) is 66.4 Å². The smallest absolute Gasteiger partial charge is 0.336 e. The summed E-state index contributed by atoms with van der Waals surface area (Å²) in [4.78, 5) is 23.0. The highest BCUT2D eigenvalue weighted by Crippen LogP contribution is 2.22. The Morgan fingerprint density at radius 1 is 1.19 bits per heavy atom. The molecular weight excluding hydrogens is 365 g/mol. The molecule has 7 heteroatoms. The van der Waals surface area contributed by atoms with Crippen molar-refractivity contribution in [3.63, 3.8) is 0 Å². The highest BCUT2D eigenvalue weighted by Gasteiger charge is 2.12. The number of halogens is 3. The molecule has 0 aliphatic carbocycles. The van der Waals surface area contributed by atoms with Crippen molar-refractivity contribution in [2.24, 2.45) is 0 Å². The molecule has 0 bridgehead atoms. The van der Waals surface area contributed by atoms with Crippen molar-refractivity contribution in [3.05, 3.63) is 62.8 Å². The molecule has 0 atom stereocenters. The third-order valence-corrected chi connectivity index (χ3v) is 3.62. The first kappa shape index (κ1) is 15.5. The molecule has 2 N–H and O–H groups in total. The first-order valence-corrected chi connectivity index (χ1v) is 6.85. The Bertz CT molecular complexity index is 736. The van der Waals surface area contributed by atoms with Crippen LogP contribution in [0.2, 0.25) is 5.02 Å². The van der Waals surface area contributed by atoms with Gasteiger partial charge in [-0.3, -0.25) is 4.79 Å². The molecule has 0 aliphatic rings. The Hall–Kier alpha value is -1.92. The number of nitrogens with one attached hydrogen (secondary N) is 1. The number of hydrogen-bond acceptors (Lipinski definition) is 2. The van der Waals surface area contributed by atoms with E-state index in [1.54, 1.807) is 6.07 Å². The highest BCUT2D eigenvalue weighted by atomic mass is 79.9. The molecule has 0 aliphatic heterocycles. The van der Waals surface area contributed by atoms with Gasteiger partial charge in [-0.1, -0.05) is 11.6 Å². The lowest BCUT2D eigenvalue weighted by Crippen LogP contribution is -2.12. The van der Waals surface area contributed by atoms with Crippen LogP contribution >= 0.6 is 27.5 Å². The van der Waals surface area contributed by atoms with E-state index in [4.69, 9.17) is 16.7 Å². The summed E-state index contributed by atoms with van der Waals surface area (Å²) < 4.78 is 13.4. The largest absolute Gasteiger partial charge is 0.478 e. The molecule has 2 rings (SSSR count). The number of carboxylic acid groups (broad SMARTS) is 1. The lowest BCUT2D eigenvalue weighted by Gasteiger charge is -2.08. The van der Waals surface area contributed by atoms with Crippen molar-refractivity contribution in [3.8, 4) is 0 Å². The standard InChI is InChI=1S/C14H8BrClFNO3/c15-10-3-2-8(6-9(10)14(20)21)18-13(19)7-1-4-12(17)11(16)5-7/h1-6H,(H,18,19)(H,20,21). The molecule has 0 aromatic heterocycles. The van der Waals surface area contributed by atoms with Crippen LogP contribution in [0.25, 0.3) is 0 Å². The predicted molar refractivity (Wildman–Crippen MR) is 80.5 cm³/mol. The molecule has 4 nitrogen and oxygen atoms in total. The zero-order valence-corrected chi connectivity index (χ0v) is 12.7. The number of aromatic carboxylic acids is 1. The van der Waals surface area contributed by atoms with Gasteiger partial charge in [0.15, 0.2) is 0 Å². The number of carbonyl (C=O) groups excluding carboxylic acids is 1. The fourth-order valence-electron chi connectivity index (χ4n) is 1.61. The van der Waals surface area contributed by atoms with Gasteiger partial charge in [-0.15, -0.1) is 0 Å². The van der Waals surface area contributed by atoms with Gasteiger partial charge in [0.1, 0.15) is 5.82 Å². The van der Waals surface area contributed by atoms with Gasteiger partial charge in [-0.05, 0) is 52.3 Å². The minimum Gasteiger partial charge on any atom is -0.478 e. The molecule has 1 amide bonds. The van der Waals surface area contributed by atoms with Crippen molar-refractivity contribution in [1.82, 2.24) is 0 Å². The van der Waals surface area contributed by atoms with Crippen LogP contribution in [0.3, 0.4) is 0 Å². The van der Waals surface area contributed by atoms with E-state index in [-0.39, 0.29) is 16.1 Å². The third-order valence-electron chi connectivity index (χ3n) is 2.64. The molecule has 0 fully saturated rings. The average Bonchev–Trinajstić information content (AvgIpc) is 2.43. The molecule has 0 saturated carbocycles. The maximum atomic E-state index is 13.0. The molecule has 21 heavy (non-hydrogen) atoms. The molecule has 0 unspecified atom stereocenters. The van der Waals surface area contributed by atoms with Gasteiger partial charge < -0.3 is 10.4 Å². The molecule has 108 valence electrons. The molecule has 0 heterocycles. The minimum absolute atomic E-state index is 0.0185. The summed E-state index contributed by atoms with van der Waals surface area (Å²) in [5.41, 5.74) is 0.493. The molecule has 0 spiro atoms. The third kappa shape index (κ3) is 3.59. The van der Waals surface area contributed by atoms with Crippen LogP contribution in [-0.4, -0.2) is 17.0 Å². The Labute approximate surface area is 132 Å². The van der Waals surface area contributed by atoms with Crippen molar-refractivity contribution >= 4 is 45.1 Å². The van der Waals surface area contributed by atoms with Gasteiger partial charge in [-0.2, -0.15) is 0 Å². The summed E-state index contributed by atoms with van der Waals surface area (Å²) in [6.07, 6.45) is 0. The second-order valence-corrected chi connectivity index (χ2v) is 5.34. The Morgan fingerprint density at radius 3 is 2.52 bits per heavy atom. The highest BCUT2D eigenvalue weighted by molar-refractivity contribution is 9.10. The van der Waals surface area contributed by atoms with Crippen LogP contribution in [0.15, 0.2) is 40.9 Å². The normalized spacial score (nSPS) is 10.2. The summed E-state index contributed by atoms with van der Waals surface area (Å²) in [5, 5.41) is 11.4. The predicted octanol–water partition coefficient (Wildman–Crippen LogP) is 4.19. The Morgan fingerprint density at radius 2 is 1.90 bits per heavy atom. The maximum absolute atomic E-state index is 13.0. The lowest BCUT2D eigenvalue weighted by molar-refractivity contribution is 0.0695. The number of rotatable bonds is 3. The number of amides is 1. The number of hydrogen-bond donors (Lipinski definition) is 2. The van der Waals surface area contributed by atoms with Crippen LogP contribution < -0.4 is 5.32 Å². The second kappa shape index (κ2) is 6.24. The van der Waals surface area contributed by atoms with Gasteiger partial charge in [0.2, 0.25) is 0 Å². The number of carboxylic acids is 1. The van der Waals surface area contributed by atoms with Crippen molar-refractivity contribution < 1.29 is 19.1 Å². The summed E-state index contributed by atoms with van der Waals surface area (Å²) in [6.45, 7) is 0. The van der Waals surface area contributed by atoms with E-state index in [9.17, 15) is 14.0 Å². The van der Waals surface area contributed by atoms with Crippen LogP contribution in [0, 0.1) is 5.82 Å². The van der Waals surface area contributed by atoms with Crippen LogP contribution in [0.4, 0.5) is 10.1 Å². The number of anilines is 1. The molecule has 0 radical (unpaired) electrons. The second-order valence-electron chi connectivity index (χ2n) is 4.08. The molecule has 2 aromatic carbocycles. The molecule has 0 saturated heterocycles. The van der Waals surface area contributed by atoms with Crippen molar-refractivity contribution in [1.29, 1.82) is 0 Å². The van der Waals surface area contributed by atoms with Crippen LogP contribution in [-0.2, 0) is 0 Å². The summed E-state index contributed by atoms with van der Waals surface area (Å²) in [6, 6.07) is 7.93. The summed E-state index contributed by atoms with van der Waals surface area (Å²) in [7, 11) is 0. The maximum Gasteiger partial charge on any atom is 0.336 e. The van der Waals surface area contributed by atoms with E-state index in [0.717, 1.165) is 6.07 Å². The SMILES string of the molecule is O=C(Nc1ccc(Br)c(C(=O)O)c1)c1ccc(F)c(Cl)c1. The van der Waals surface area contributed by atoms with Gasteiger partial charge >= 0.3 is 5.97 Å². The van der Waals surface area contributed by atoms with E-state index in [1.165, 1.54) is 24.3 Å². The fourth-order valence-corrected chi connectivity index (χ4v) is 2.20. The summed E-state index contributed by atoms with van der Waals surface area (Å²) >= 11 is 8.72. The number of carbonyl (C=O) groups is 2. The molecular formula is C14H8BrClFNO3. The minimum atomic E-state index is -1.12.